The lowest BCUT2D eigenvalue weighted by atomic mass is 9.90. The highest BCUT2D eigenvalue weighted by Gasteiger charge is 2.19. The first-order chi connectivity index (χ1) is 9.16. The van der Waals surface area contributed by atoms with E-state index in [0.717, 1.165) is 29.6 Å². The number of carbonyl (C=O) groups excluding carboxylic acids is 2. The van der Waals surface area contributed by atoms with Crippen LogP contribution in [-0.4, -0.2) is 11.8 Å². The zero-order chi connectivity index (χ0) is 13.7. The van der Waals surface area contributed by atoms with Gasteiger partial charge in [-0.1, -0.05) is 35.9 Å². The van der Waals surface area contributed by atoms with Gasteiger partial charge in [0.2, 0.25) is 0 Å². The third-order valence-electron chi connectivity index (χ3n) is 3.43. The Balaban J connectivity index is 1.88. The summed E-state index contributed by atoms with van der Waals surface area (Å²) in [6, 6.07) is 9.59. The molecule has 3 heteroatoms. The van der Waals surface area contributed by atoms with E-state index < -0.39 is 0 Å². The Hall–Kier alpha value is -1.90. The van der Waals surface area contributed by atoms with Crippen LogP contribution in [0.2, 0.25) is 0 Å². The summed E-state index contributed by atoms with van der Waals surface area (Å²) in [6.07, 6.45) is 2.52. The second kappa shape index (κ2) is 6.32. The molecule has 0 unspecified atom stereocenters. The van der Waals surface area contributed by atoms with Gasteiger partial charge in [-0.25, -0.2) is 0 Å². The van der Waals surface area contributed by atoms with Crippen LogP contribution in [-0.2, 0) is 20.9 Å². The van der Waals surface area contributed by atoms with Crippen molar-refractivity contribution >= 4 is 11.8 Å². The van der Waals surface area contributed by atoms with Crippen LogP contribution in [0.15, 0.2) is 41.5 Å². The molecule has 0 fully saturated rings. The van der Waals surface area contributed by atoms with E-state index in [0.29, 0.717) is 13.0 Å². The first kappa shape index (κ1) is 13.5. The Morgan fingerprint density at radius 2 is 1.95 bits per heavy atom. The first-order valence-electron chi connectivity index (χ1n) is 6.58. The molecule has 1 aromatic carbocycles. The van der Waals surface area contributed by atoms with Gasteiger partial charge in [0.25, 0.3) is 0 Å². The van der Waals surface area contributed by atoms with E-state index in [1.54, 1.807) is 6.92 Å². The monoisotopic (exact) mass is 258 g/mol. The fourth-order valence-electron chi connectivity index (χ4n) is 2.22. The minimum atomic E-state index is -0.257. The van der Waals surface area contributed by atoms with E-state index in [2.05, 4.69) is 0 Å². The van der Waals surface area contributed by atoms with E-state index in [9.17, 15) is 9.59 Å². The molecule has 0 saturated carbocycles. The van der Waals surface area contributed by atoms with Crippen LogP contribution < -0.4 is 0 Å². The Morgan fingerprint density at radius 1 is 1.21 bits per heavy atom. The zero-order valence-electron chi connectivity index (χ0n) is 11.1. The van der Waals surface area contributed by atoms with Gasteiger partial charge in [0, 0.05) is 6.42 Å². The number of allylic oxidation sites excluding steroid dienone is 1. The van der Waals surface area contributed by atoms with E-state index in [4.69, 9.17) is 4.74 Å². The molecule has 3 nitrogen and oxygen atoms in total. The summed E-state index contributed by atoms with van der Waals surface area (Å²) >= 11 is 0. The Labute approximate surface area is 113 Å². The van der Waals surface area contributed by atoms with Gasteiger partial charge in [-0.3, -0.25) is 9.59 Å². The molecule has 100 valence electrons. The largest absolute Gasteiger partial charge is 0.461 e. The van der Waals surface area contributed by atoms with Crippen molar-refractivity contribution < 1.29 is 14.3 Å². The predicted octanol–water partition coefficient (Wildman–Crippen LogP) is 3.19. The third-order valence-corrected chi connectivity index (χ3v) is 3.43. The summed E-state index contributed by atoms with van der Waals surface area (Å²) in [6.45, 7) is 2.10. The van der Waals surface area contributed by atoms with Crippen molar-refractivity contribution in [3.8, 4) is 0 Å². The highest BCUT2D eigenvalue weighted by atomic mass is 16.5. The van der Waals surface area contributed by atoms with Crippen LogP contribution >= 0.6 is 0 Å². The number of esters is 1. The fraction of sp³-hybridized carbons (Fsp3) is 0.375. The van der Waals surface area contributed by atoms with Gasteiger partial charge in [0.1, 0.15) is 6.61 Å². The summed E-state index contributed by atoms with van der Waals surface area (Å²) in [7, 11) is 0. The van der Waals surface area contributed by atoms with Crippen LogP contribution in [0.4, 0.5) is 0 Å². The molecule has 2 rings (SSSR count). The quantitative estimate of drug-likeness (QED) is 0.779. The molecule has 0 radical (unpaired) electrons. The predicted molar refractivity (Wildman–Crippen MR) is 72.4 cm³/mol. The number of hydrogen-bond donors (Lipinski definition) is 0. The van der Waals surface area contributed by atoms with Crippen molar-refractivity contribution in [2.24, 2.45) is 0 Å². The normalized spacial score (nSPS) is 15.5. The standard InChI is InChI=1S/C16H18O3/c1-12-14(8-5-9-15(12)17)10-16(18)19-11-13-6-3-2-4-7-13/h2-4,6-7H,5,8-11H2,1H3. The van der Waals surface area contributed by atoms with Gasteiger partial charge in [-0.15, -0.1) is 0 Å². The van der Waals surface area contributed by atoms with Crippen LogP contribution in [0.3, 0.4) is 0 Å². The number of Topliss-reactive ketones (excluding diaryl/α,β-unsaturated/α-hetero) is 1. The maximum atomic E-state index is 11.8. The summed E-state index contributed by atoms with van der Waals surface area (Å²) in [5, 5.41) is 0. The summed E-state index contributed by atoms with van der Waals surface area (Å²) in [5.41, 5.74) is 2.67. The number of hydrogen-bond acceptors (Lipinski definition) is 3. The van der Waals surface area contributed by atoms with Gasteiger partial charge in [0.15, 0.2) is 5.78 Å². The van der Waals surface area contributed by atoms with Crippen LogP contribution in [0.1, 0.15) is 38.2 Å². The molecule has 0 saturated heterocycles. The van der Waals surface area contributed by atoms with Gasteiger partial charge < -0.3 is 4.74 Å². The molecule has 1 aliphatic carbocycles. The molecule has 19 heavy (non-hydrogen) atoms. The lowest BCUT2D eigenvalue weighted by Crippen LogP contribution is -2.13. The second-order valence-corrected chi connectivity index (χ2v) is 4.83. The minimum Gasteiger partial charge on any atom is -0.461 e. The van der Waals surface area contributed by atoms with Crippen molar-refractivity contribution in [3.63, 3.8) is 0 Å². The average molecular weight is 258 g/mol. The highest BCUT2D eigenvalue weighted by molar-refractivity contribution is 5.97. The van der Waals surface area contributed by atoms with Crippen molar-refractivity contribution in [1.29, 1.82) is 0 Å². The van der Waals surface area contributed by atoms with E-state index in [-0.39, 0.29) is 18.2 Å². The summed E-state index contributed by atoms with van der Waals surface area (Å²) in [4.78, 5) is 23.3. The molecule has 0 heterocycles. The Kier molecular flexibility index (Phi) is 4.50. The van der Waals surface area contributed by atoms with E-state index in [1.165, 1.54) is 0 Å². The van der Waals surface area contributed by atoms with Crippen molar-refractivity contribution in [2.75, 3.05) is 0 Å². The topological polar surface area (TPSA) is 43.4 Å². The van der Waals surface area contributed by atoms with Gasteiger partial charge >= 0.3 is 5.97 Å². The molecule has 1 aliphatic rings. The van der Waals surface area contributed by atoms with Gasteiger partial charge in [-0.2, -0.15) is 0 Å². The maximum Gasteiger partial charge on any atom is 0.310 e. The lowest BCUT2D eigenvalue weighted by molar-refractivity contribution is -0.144. The van der Waals surface area contributed by atoms with Crippen molar-refractivity contribution in [3.05, 3.63) is 47.0 Å². The number of ether oxygens (including phenoxy) is 1. The average Bonchev–Trinajstić information content (AvgIpc) is 2.43. The Bertz CT molecular complexity index is 500. The summed E-state index contributed by atoms with van der Waals surface area (Å²) in [5.74, 6) is -0.0926. The molecule has 0 aromatic heterocycles. The minimum absolute atomic E-state index is 0.164. The van der Waals surface area contributed by atoms with Gasteiger partial charge in [-0.05, 0) is 30.9 Å². The smallest absolute Gasteiger partial charge is 0.310 e. The molecule has 0 atom stereocenters. The lowest BCUT2D eigenvalue weighted by Gasteiger charge is -2.16. The molecule has 1 aromatic rings. The van der Waals surface area contributed by atoms with Crippen LogP contribution in [0.25, 0.3) is 0 Å². The molecule has 0 aliphatic heterocycles. The molecule has 0 amide bonds. The first-order valence-corrected chi connectivity index (χ1v) is 6.58. The number of benzene rings is 1. The van der Waals surface area contributed by atoms with Gasteiger partial charge in [0.05, 0.1) is 6.42 Å². The van der Waals surface area contributed by atoms with E-state index >= 15 is 0 Å². The zero-order valence-corrected chi connectivity index (χ0v) is 11.1. The molecule has 0 spiro atoms. The highest BCUT2D eigenvalue weighted by Crippen LogP contribution is 2.24. The van der Waals surface area contributed by atoms with Crippen LogP contribution in [0.5, 0.6) is 0 Å². The molecule has 0 N–H and O–H groups in total. The number of ketones is 1. The maximum absolute atomic E-state index is 11.8. The molecular formula is C16H18O3. The van der Waals surface area contributed by atoms with Crippen molar-refractivity contribution in [2.45, 2.75) is 39.2 Å². The molecular weight excluding hydrogens is 240 g/mol. The van der Waals surface area contributed by atoms with E-state index in [1.807, 2.05) is 30.3 Å². The second-order valence-electron chi connectivity index (χ2n) is 4.83. The molecule has 0 bridgehead atoms. The third kappa shape index (κ3) is 3.78. The Morgan fingerprint density at radius 3 is 2.68 bits per heavy atom. The fourth-order valence-corrected chi connectivity index (χ4v) is 2.22. The number of rotatable bonds is 4. The van der Waals surface area contributed by atoms with Crippen molar-refractivity contribution in [1.82, 2.24) is 0 Å². The SMILES string of the molecule is CC1=C(CC(=O)OCc2ccccc2)CCCC1=O. The number of carbonyl (C=O) groups is 2. The van der Waals surface area contributed by atoms with Crippen LogP contribution in [0, 0.1) is 0 Å². The summed E-state index contributed by atoms with van der Waals surface area (Å²) < 4.78 is 5.23.